The smallest absolute Gasteiger partial charge is 0.338 e. The van der Waals surface area contributed by atoms with Gasteiger partial charge in [0.05, 0.1) is 25.4 Å². The summed E-state index contributed by atoms with van der Waals surface area (Å²) in [7, 11) is 0. The number of fused-ring (bicyclic) bond motifs is 3. The normalized spacial score (nSPS) is 18.2. The monoisotopic (exact) mass is 381 g/mol. The van der Waals surface area contributed by atoms with Crippen molar-refractivity contribution < 1.29 is 19.0 Å². The van der Waals surface area contributed by atoms with Gasteiger partial charge in [0.15, 0.2) is 0 Å². The van der Waals surface area contributed by atoms with Gasteiger partial charge in [-0.3, -0.25) is 0 Å². The molecule has 0 amide bonds. The highest BCUT2D eigenvalue weighted by molar-refractivity contribution is 5.94. The Bertz CT molecular complexity index is 858. The van der Waals surface area contributed by atoms with E-state index in [1.54, 1.807) is 0 Å². The van der Waals surface area contributed by atoms with Crippen LogP contribution in [0.15, 0.2) is 36.4 Å². The van der Waals surface area contributed by atoms with E-state index in [4.69, 9.17) is 14.2 Å². The number of benzene rings is 2. The average Bonchev–Trinajstić information content (AvgIpc) is 3.16. The molecule has 0 radical (unpaired) electrons. The van der Waals surface area contributed by atoms with Crippen LogP contribution < -0.4 is 9.64 Å². The molecule has 2 aromatic rings. The van der Waals surface area contributed by atoms with Crippen LogP contribution in [0, 0.1) is 0 Å². The van der Waals surface area contributed by atoms with Crippen molar-refractivity contribution in [3.05, 3.63) is 47.5 Å². The van der Waals surface area contributed by atoms with Gasteiger partial charge in [0.2, 0.25) is 0 Å². The third kappa shape index (κ3) is 3.72. The van der Waals surface area contributed by atoms with Gasteiger partial charge < -0.3 is 19.1 Å². The molecule has 2 heterocycles. The fourth-order valence-corrected chi connectivity index (χ4v) is 3.98. The highest BCUT2D eigenvalue weighted by atomic mass is 16.5. The van der Waals surface area contributed by atoms with Gasteiger partial charge >= 0.3 is 5.97 Å². The first-order valence-corrected chi connectivity index (χ1v) is 10.1. The topological polar surface area (TPSA) is 48.0 Å². The second-order valence-corrected chi connectivity index (χ2v) is 7.20. The Morgan fingerprint density at radius 3 is 2.82 bits per heavy atom. The minimum atomic E-state index is -0.277. The number of rotatable bonds is 5. The van der Waals surface area contributed by atoms with E-state index in [1.807, 2.05) is 31.2 Å². The maximum atomic E-state index is 12.3. The van der Waals surface area contributed by atoms with Crippen LogP contribution in [0.2, 0.25) is 0 Å². The third-order valence-electron chi connectivity index (χ3n) is 5.44. The molecular formula is C23H27NO4. The van der Waals surface area contributed by atoms with Crippen LogP contribution in [0.1, 0.15) is 36.2 Å². The fourth-order valence-electron chi connectivity index (χ4n) is 3.98. The van der Waals surface area contributed by atoms with E-state index in [2.05, 4.69) is 24.0 Å². The minimum absolute atomic E-state index is 0.138. The summed E-state index contributed by atoms with van der Waals surface area (Å²) in [5.41, 5.74) is 5.23. The van der Waals surface area contributed by atoms with E-state index in [0.29, 0.717) is 18.8 Å². The van der Waals surface area contributed by atoms with Gasteiger partial charge in [0.1, 0.15) is 11.9 Å². The van der Waals surface area contributed by atoms with Gasteiger partial charge in [-0.15, -0.1) is 0 Å². The molecule has 2 aliphatic heterocycles. The number of hydrogen-bond acceptors (Lipinski definition) is 5. The lowest BCUT2D eigenvalue weighted by molar-refractivity contribution is 0.0526. The molecule has 5 nitrogen and oxygen atoms in total. The number of carbonyl (C=O) groups excluding carboxylic acids is 1. The summed E-state index contributed by atoms with van der Waals surface area (Å²) >= 11 is 0. The van der Waals surface area contributed by atoms with Crippen LogP contribution >= 0.6 is 0 Å². The highest BCUT2D eigenvalue weighted by Gasteiger charge is 2.22. The van der Waals surface area contributed by atoms with Crippen LogP contribution in [0.5, 0.6) is 5.75 Å². The quantitative estimate of drug-likeness (QED) is 0.731. The summed E-state index contributed by atoms with van der Waals surface area (Å²) in [4.78, 5) is 14.6. The molecule has 1 saturated heterocycles. The number of esters is 1. The molecule has 0 unspecified atom stereocenters. The molecule has 0 N–H and O–H groups in total. The number of hydrogen-bond donors (Lipinski definition) is 0. The first-order chi connectivity index (χ1) is 13.7. The zero-order valence-corrected chi connectivity index (χ0v) is 16.6. The van der Waals surface area contributed by atoms with Crippen molar-refractivity contribution >= 4 is 11.7 Å². The lowest BCUT2D eigenvalue weighted by Gasteiger charge is -2.23. The first kappa shape index (κ1) is 18.8. The van der Waals surface area contributed by atoms with Gasteiger partial charge in [-0.25, -0.2) is 4.79 Å². The highest BCUT2D eigenvalue weighted by Crippen LogP contribution is 2.38. The summed E-state index contributed by atoms with van der Waals surface area (Å²) in [5, 5.41) is 0. The summed E-state index contributed by atoms with van der Waals surface area (Å²) in [5.74, 6) is 0.614. The molecule has 1 atom stereocenters. The van der Waals surface area contributed by atoms with Crippen molar-refractivity contribution in [1.82, 2.24) is 0 Å². The number of anilines is 1. The van der Waals surface area contributed by atoms with E-state index in [9.17, 15) is 4.79 Å². The van der Waals surface area contributed by atoms with Crippen LogP contribution in [0.4, 0.5) is 5.69 Å². The summed E-state index contributed by atoms with van der Waals surface area (Å²) in [6, 6.07) is 12.2. The number of nitrogens with zero attached hydrogens (tertiary/aromatic N) is 1. The van der Waals surface area contributed by atoms with Crippen molar-refractivity contribution in [1.29, 1.82) is 0 Å². The summed E-state index contributed by atoms with van der Waals surface area (Å²) in [6.07, 6.45) is 2.01. The Balaban J connectivity index is 1.72. The molecular weight excluding hydrogens is 354 g/mol. The van der Waals surface area contributed by atoms with E-state index < -0.39 is 0 Å². The number of likely N-dealkylation sites (N-methyl/N-ethyl adjacent to an activating group) is 1. The molecule has 148 valence electrons. The third-order valence-corrected chi connectivity index (χ3v) is 5.44. The van der Waals surface area contributed by atoms with E-state index in [0.717, 1.165) is 55.1 Å². The maximum absolute atomic E-state index is 12.3. The molecule has 4 rings (SSSR count). The van der Waals surface area contributed by atoms with Crippen LogP contribution in [-0.2, 0) is 15.9 Å². The predicted molar refractivity (Wildman–Crippen MR) is 109 cm³/mol. The first-order valence-electron chi connectivity index (χ1n) is 10.1. The largest absolute Gasteiger partial charge is 0.488 e. The molecule has 0 bridgehead atoms. The van der Waals surface area contributed by atoms with E-state index in [1.165, 1.54) is 5.56 Å². The van der Waals surface area contributed by atoms with E-state index >= 15 is 0 Å². The Kier molecular flexibility index (Phi) is 5.53. The molecule has 2 aromatic carbocycles. The van der Waals surface area contributed by atoms with Crippen LogP contribution in [0.3, 0.4) is 0 Å². The molecule has 0 spiro atoms. The van der Waals surface area contributed by atoms with Gasteiger partial charge in [0.25, 0.3) is 0 Å². The van der Waals surface area contributed by atoms with Crippen molar-refractivity contribution in [2.24, 2.45) is 0 Å². The van der Waals surface area contributed by atoms with Gasteiger partial charge in [-0.1, -0.05) is 6.07 Å². The molecule has 0 aromatic heterocycles. The van der Waals surface area contributed by atoms with Crippen molar-refractivity contribution in [2.75, 3.05) is 37.8 Å². The molecule has 0 aliphatic carbocycles. The minimum Gasteiger partial charge on any atom is -0.488 e. The molecule has 28 heavy (non-hydrogen) atoms. The Morgan fingerprint density at radius 2 is 2.07 bits per heavy atom. The molecule has 0 saturated carbocycles. The fraction of sp³-hybridized carbons (Fsp3) is 0.435. The zero-order valence-electron chi connectivity index (χ0n) is 16.6. The van der Waals surface area contributed by atoms with Crippen LogP contribution in [0.25, 0.3) is 11.1 Å². The van der Waals surface area contributed by atoms with Gasteiger partial charge in [-0.2, -0.15) is 0 Å². The number of carbonyl (C=O) groups is 1. The summed E-state index contributed by atoms with van der Waals surface area (Å²) < 4.78 is 16.7. The average molecular weight is 381 g/mol. The van der Waals surface area contributed by atoms with Crippen molar-refractivity contribution in [3.63, 3.8) is 0 Å². The Morgan fingerprint density at radius 1 is 1.18 bits per heavy atom. The molecule has 2 aliphatic rings. The van der Waals surface area contributed by atoms with Crippen molar-refractivity contribution in [3.8, 4) is 16.9 Å². The molecule has 5 heteroatoms. The van der Waals surface area contributed by atoms with E-state index in [-0.39, 0.29) is 12.1 Å². The summed E-state index contributed by atoms with van der Waals surface area (Å²) in [6.45, 7) is 7.64. The van der Waals surface area contributed by atoms with Gasteiger partial charge in [0, 0.05) is 30.8 Å². The van der Waals surface area contributed by atoms with Crippen LogP contribution in [-0.4, -0.2) is 45.0 Å². The predicted octanol–water partition coefficient (Wildman–Crippen LogP) is 4.08. The Hall–Kier alpha value is -2.53. The lowest BCUT2D eigenvalue weighted by atomic mass is 9.96. The standard InChI is InChI=1S/C23H27NO4/c1-3-24-11-9-16-13-18(28-19-10-12-26-15-19)6-7-20(16)21-14-17(5-8-22(21)24)23(25)27-4-2/h5-8,13-14,19H,3-4,9-12,15H2,1-2H3/t19-/m1/s1. The zero-order chi connectivity index (χ0) is 19.5. The van der Waals surface area contributed by atoms with Crippen molar-refractivity contribution in [2.45, 2.75) is 32.8 Å². The lowest BCUT2D eigenvalue weighted by Crippen LogP contribution is -2.24. The Labute approximate surface area is 166 Å². The maximum Gasteiger partial charge on any atom is 0.338 e. The number of ether oxygens (including phenoxy) is 3. The van der Waals surface area contributed by atoms with Gasteiger partial charge in [-0.05, 0) is 61.7 Å². The molecule has 1 fully saturated rings. The second-order valence-electron chi connectivity index (χ2n) is 7.20. The second kappa shape index (κ2) is 8.23. The SMILES string of the molecule is CCOC(=O)c1ccc2c(c1)-c1ccc(O[C@@H]3CCOC3)cc1CCN2CC.